The summed E-state index contributed by atoms with van der Waals surface area (Å²) >= 11 is 6.07. The fourth-order valence-corrected chi connectivity index (χ4v) is 1.92. The number of hydrogen-bond donors (Lipinski definition) is 1. The molecule has 0 heterocycles. The SMILES string of the molecule is CON=C(C(=O)O)c1ccc2cccc(Cl)c2c1. The molecule has 0 aliphatic carbocycles. The number of rotatable bonds is 3. The molecule has 0 aliphatic heterocycles. The second-order valence-corrected chi connectivity index (χ2v) is 4.01. The summed E-state index contributed by atoms with van der Waals surface area (Å²) in [6, 6.07) is 10.6. The predicted octanol–water partition coefficient (Wildman–Crippen LogP) is 2.93. The molecule has 0 amide bonds. The van der Waals surface area contributed by atoms with Gasteiger partial charge in [-0.15, -0.1) is 0 Å². The molecule has 0 saturated carbocycles. The summed E-state index contributed by atoms with van der Waals surface area (Å²) in [6.45, 7) is 0. The summed E-state index contributed by atoms with van der Waals surface area (Å²) < 4.78 is 0. The Labute approximate surface area is 108 Å². The van der Waals surface area contributed by atoms with Gasteiger partial charge in [-0.05, 0) is 17.5 Å². The third-order valence-electron chi connectivity index (χ3n) is 2.49. The quantitative estimate of drug-likeness (QED) is 0.684. The lowest BCUT2D eigenvalue weighted by Gasteiger charge is -2.04. The molecule has 0 spiro atoms. The van der Waals surface area contributed by atoms with Crippen LogP contribution in [0, 0.1) is 0 Å². The van der Waals surface area contributed by atoms with E-state index in [0.717, 1.165) is 10.8 Å². The largest absolute Gasteiger partial charge is 0.476 e. The molecular weight excluding hydrogens is 254 g/mol. The summed E-state index contributed by atoms with van der Waals surface area (Å²) in [5.74, 6) is -1.15. The van der Waals surface area contributed by atoms with Crippen LogP contribution in [-0.4, -0.2) is 23.9 Å². The van der Waals surface area contributed by atoms with Crippen molar-refractivity contribution >= 4 is 34.1 Å². The molecule has 0 aliphatic rings. The monoisotopic (exact) mass is 263 g/mol. The Hall–Kier alpha value is -2.07. The van der Waals surface area contributed by atoms with Gasteiger partial charge in [-0.1, -0.05) is 41.0 Å². The molecule has 0 unspecified atom stereocenters. The van der Waals surface area contributed by atoms with Crippen LogP contribution in [0.3, 0.4) is 0 Å². The van der Waals surface area contributed by atoms with Gasteiger partial charge in [-0.2, -0.15) is 0 Å². The minimum atomic E-state index is -1.15. The van der Waals surface area contributed by atoms with Crippen molar-refractivity contribution < 1.29 is 14.7 Å². The molecule has 2 aromatic rings. The summed E-state index contributed by atoms with van der Waals surface area (Å²) in [4.78, 5) is 15.6. The van der Waals surface area contributed by atoms with Crippen LogP contribution < -0.4 is 0 Å². The lowest BCUT2D eigenvalue weighted by molar-refractivity contribution is -0.129. The summed E-state index contributed by atoms with van der Waals surface area (Å²) in [5.41, 5.74) is 0.296. The van der Waals surface area contributed by atoms with E-state index in [1.54, 1.807) is 24.3 Å². The van der Waals surface area contributed by atoms with Crippen LogP contribution in [-0.2, 0) is 9.63 Å². The maximum atomic E-state index is 11.1. The first-order valence-electron chi connectivity index (χ1n) is 5.16. The third kappa shape index (κ3) is 2.28. The molecule has 18 heavy (non-hydrogen) atoms. The molecule has 2 aromatic carbocycles. The van der Waals surface area contributed by atoms with E-state index in [1.165, 1.54) is 7.11 Å². The molecule has 0 bridgehead atoms. The van der Waals surface area contributed by atoms with Gasteiger partial charge in [-0.3, -0.25) is 0 Å². The first kappa shape index (κ1) is 12.4. The molecular formula is C13H10ClNO3. The van der Waals surface area contributed by atoms with Crippen molar-refractivity contribution in [2.45, 2.75) is 0 Å². The van der Waals surface area contributed by atoms with Gasteiger partial charge in [0.15, 0.2) is 5.71 Å². The second-order valence-electron chi connectivity index (χ2n) is 3.60. The molecule has 1 N–H and O–H groups in total. The van der Waals surface area contributed by atoms with Crippen LogP contribution in [0.5, 0.6) is 0 Å². The Morgan fingerprint density at radius 1 is 1.33 bits per heavy atom. The zero-order valence-electron chi connectivity index (χ0n) is 9.55. The number of halogens is 1. The highest BCUT2D eigenvalue weighted by Crippen LogP contribution is 2.24. The smallest absolute Gasteiger partial charge is 0.358 e. The summed E-state index contributed by atoms with van der Waals surface area (Å²) in [5, 5.41) is 14.8. The van der Waals surface area contributed by atoms with Crippen LogP contribution in [0.2, 0.25) is 5.02 Å². The highest BCUT2D eigenvalue weighted by molar-refractivity contribution is 6.43. The Morgan fingerprint density at radius 3 is 2.78 bits per heavy atom. The zero-order valence-corrected chi connectivity index (χ0v) is 10.3. The van der Waals surface area contributed by atoms with E-state index in [9.17, 15) is 4.79 Å². The molecule has 4 nitrogen and oxygen atoms in total. The van der Waals surface area contributed by atoms with Gasteiger partial charge in [0.05, 0.1) is 0 Å². The topological polar surface area (TPSA) is 58.9 Å². The van der Waals surface area contributed by atoms with Gasteiger partial charge in [-0.25, -0.2) is 4.79 Å². The van der Waals surface area contributed by atoms with Crippen LogP contribution >= 0.6 is 11.6 Å². The van der Waals surface area contributed by atoms with E-state index in [2.05, 4.69) is 9.99 Å². The fraction of sp³-hybridized carbons (Fsp3) is 0.0769. The lowest BCUT2D eigenvalue weighted by atomic mass is 10.0. The van der Waals surface area contributed by atoms with Crippen molar-refractivity contribution in [3.05, 3.63) is 47.0 Å². The van der Waals surface area contributed by atoms with Crippen molar-refractivity contribution in [3.63, 3.8) is 0 Å². The summed E-state index contributed by atoms with van der Waals surface area (Å²) in [7, 11) is 1.30. The Morgan fingerprint density at radius 2 is 2.11 bits per heavy atom. The number of oxime groups is 1. The van der Waals surface area contributed by atoms with Crippen molar-refractivity contribution in [3.8, 4) is 0 Å². The highest BCUT2D eigenvalue weighted by Gasteiger charge is 2.14. The molecule has 0 atom stereocenters. The Kier molecular flexibility index (Phi) is 3.48. The van der Waals surface area contributed by atoms with E-state index >= 15 is 0 Å². The second kappa shape index (κ2) is 5.06. The van der Waals surface area contributed by atoms with Gasteiger partial charge < -0.3 is 9.94 Å². The number of carboxylic acid groups (broad SMARTS) is 1. The highest BCUT2D eigenvalue weighted by atomic mass is 35.5. The number of carboxylic acids is 1. The molecule has 2 rings (SSSR count). The first-order valence-corrected chi connectivity index (χ1v) is 5.54. The van der Waals surface area contributed by atoms with Crippen LogP contribution in [0.4, 0.5) is 0 Å². The molecule has 0 radical (unpaired) electrons. The number of benzene rings is 2. The van der Waals surface area contributed by atoms with Crippen molar-refractivity contribution in [1.82, 2.24) is 0 Å². The molecule has 0 saturated heterocycles. The van der Waals surface area contributed by atoms with E-state index < -0.39 is 5.97 Å². The normalized spacial score (nSPS) is 11.6. The summed E-state index contributed by atoms with van der Waals surface area (Å²) in [6.07, 6.45) is 0. The number of carbonyl (C=O) groups is 1. The van der Waals surface area contributed by atoms with Gasteiger partial charge in [0.2, 0.25) is 0 Å². The van der Waals surface area contributed by atoms with E-state index in [4.69, 9.17) is 16.7 Å². The Bertz CT molecular complexity index is 637. The Balaban J connectivity index is 2.62. The van der Waals surface area contributed by atoms with Gasteiger partial charge in [0, 0.05) is 16.0 Å². The number of fused-ring (bicyclic) bond motifs is 1. The average Bonchev–Trinajstić information content (AvgIpc) is 2.36. The van der Waals surface area contributed by atoms with Gasteiger partial charge in [0.1, 0.15) is 7.11 Å². The minimum Gasteiger partial charge on any atom is -0.476 e. The zero-order chi connectivity index (χ0) is 13.1. The van der Waals surface area contributed by atoms with E-state index in [1.807, 2.05) is 12.1 Å². The maximum absolute atomic E-state index is 11.1. The van der Waals surface area contributed by atoms with E-state index in [-0.39, 0.29) is 5.71 Å². The van der Waals surface area contributed by atoms with Crippen molar-refractivity contribution in [1.29, 1.82) is 0 Å². The minimum absolute atomic E-state index is 0.153. The molecule has 0 aromatic heterocycles. The molecule has 5 heteroatoms. The van der Waals surface area contributed by atoms with Crippen LogP contribution in [0.25, 0.3) is 10.8 Å². The standard InChI is InChI=1S/C13H10ClNO3/c1-18-15-12(13(16)17)9-6-5-8-3-2-4-11(14)10(8)7-9/h2-7H,1H3,(H,16,17). The average molecular weight is 264 g/mol. The molecule has 92 valence electrons. The third-order valence-corrected chi connectivity index (χ3v) is 2.82. The lowest BCUT2D eigenvalue weighted by Crippen LogP contribution is -2.14. The van der Waals surface area contributed by atoms with Crippen LogP contribution in [0.1, 0.15) is 5.56 Å². The first-order chi connectivity index (χ1) is 8.63. The van der Waals surface area contributed by atoms with Crippen molar-refractivity contribution in [2.75, 3.05) is 7.11 Å². The van der Waals surface area contributed by atoms with E-state index in [0.29, 0.717) is 10.6 Å². The van der Waals surface area contributed by atoms with Gasteiger partial charge in [0.25, 0.3) is 0 Å². The van der Waals surface area contributed by atoms with Crippen LogP contribution in [0.15, 0.2) is 41.6 Å². The molecule has 0 fully saturated rings. The van der Waals surface area contributed by atoms with Crippen molar-refractivity contribution in [2.24, 2.45) is 5.16 Å². The number of nitrogens with zero attached hydrogens (tertiary/aromatic N) is 1. The maximum Gasteiger partial charge on any atom is 0.358 e. The van der Waals surface area contributed by atoms with Gasteiger partial charge >= 0.3 is 5.97 Å². The number of aliphatic carboxylic acids is 1. The fourth-order valence-electron chi connectivity index (χ4n) is 1.69. The number of hydrogen-bond acceptors (Lipinski definition) is 3. The predicted molar refractivity (Wildman–Crippen MR) is 70.1 cm³/mol.